The fraction of sp³-hybridized carbons (Fsp3) is 0.136. The number of hydrogen-bond acceptors (Lipinski definition) is 3. The molecule has 0 saturated carbocycles. The number of sulfonamides is 1. The van der Waals surface area contributed by atoms with E-state index in [0.717, 1.165) is 11.1 Å². The summed E-state index contributed by atoms with van der Waals surface area (Å²) in [5.41, 5.74) is 3.56. The van der Waals surface area contributed by atoms with Crippen molar-refractivity contribution in [2.45, 2.75) is 25.7 Å². The summed E-state index contributed by atoms with van der Waals surface area (Å²) in [6, 6.07) is 19.2. The molecular formula is C22H22N2O3S. The molecule has 3 rings (SSSR count). The fourth-order valence-corrected chi connectivity index (χ4v) is 4.28. The average molecular weight is 394 g/mol. The largest absolute Gasteiger partial charge is 0.322 e. The Morgan fingerprint density at radius 2 is 1.43 bits per heavy atom. The van der Waals surface area contributed by atoms with Crippen LogP contribution in [0.25, 0.3) is 0 Å². The summed E-state index contributed by atoms with van der Waals surface area (Å²) in [5, 5.41) is 2.84. The number of carbonyl (C=O) groups excluding carboxylic acids is 1. The van der Waals surface area contributed by atoms with Crippen LogP contribution in [0.2, 0.25) is 0 Å². The first kappa shape index (κ1) is 19.6. The maximum Gasteiger partial charge on any atom is 0.262 e. The summed E-state index contributed by atoms with van der Waals surface area (Å²) in [5.74, 6) is -0.381. The average Bonchev–Trinajstić information content (AvgIpc) is 2.65. The highest BCUT2D eigenvalue weighted by molar-refractivity contribution is 7.92. The Hall–Kier alpha value is -3.12. The van der Waals surface area contributed by atoms with Gasteiger partial charge in [-0.05, 0) is 61.7 Å². The highest BCUT2D eigenvalue weighted by Gasteiger charge is 2.20. The third-order valence-electron chi connectivity index (χ3n) is 4.44. The van der Waals surface area contributed by atoms with E-state index >= 15 is 0 Å². The lowest BCUT2D eigenvalue weighted by atomic mass is 10.1. The zero-order valence-electron chi connectivity index (χ0n) is 16.0. The molecule has 3 aromatic carbocycles. The lowest BCUT2D eigenvalue weighted by molar-refractivity contribution is 0.102. The van der Waals surface area contributed by atoms with Crippen molar-refractivity contribution in [1.82, 2.24) is 0 Å². The SMILES string of the molecule is Cc1ccc(C)c(S(=O)(=O)Nc2ccccc2C(=O)Nc2ccccc2C)c1. The topological polar surface area (TPSA) is 75.3 Å². The van der Waals surface area contributed by atoms with Crippen LogP contribution in [0.3, 0.4) is 0 Å². The molecular weight excluding hydrogens is 372 g/mol. The molecule has 28 heavy (non-hydrogen) atoms. The lowest BCUT2D eigenvalue weighted by Crippen LogP contribution is -2.19. The van der Waals surface area contributed by atoms with Gasteiger partial charge in [0.2, 0.25) is 0 Å². The van der Waals surface area contributed by atoms with Crippen LogP contribution in [0.4, 0.5) is 11.4 Å². The number of hydrogen-bond donors (Lipinski definition) is 2. The normalized spacial score (nSPS) is 11.1. The molecule has 0 unspecified atom stereocenters. The molecule has 0 heterocycles. The number of nitrogens with one attached hydrogen (secondary N) is 2. The number of aryl methyl sites for hydroxylation is 3. The van der Waals surface area contributed by atoms with E-state index in [1.54, 1.807) is 49.4 Å². The number of carbonyl (C=O) groups is 1. The predicted molar refractivity (Wildman–Crippen MR) is 112 cm³/mol. The van der Waals surface area contributed by atoms with Crippen LogP contribution in [-0.4, -0.2) is 14.3 Å². The van der Waals surface area contributed by atoms with E-state index in [9.17, 15) is 13.2 Å². The lowest BCUT2D eigenvalue weighted by Gasteiger charge is -2.15. The summed E-state index contributed by atoms with van der Waals surface area (Å²) < 4.78 is 28.4. The van der Waals surface area contributed by atoms with Crippen molar-refractivity contribution in [2.75, 3.05) is 10.0 Å². The van der Waals surface area contributed by atoms with Crippen molar-refractivity contribution >= 4 is 27.3 Å². The van der Waals surface area contributed by atoms with E-state index in [-0.39, 0.29) is 22.1 Å². The van der Waals surface area contributed by atoms with Crippen molar-refractivity contribution < 1.29 is 13.2 Å². The zero-order chi connectivity index (χ0) is 20.3. The highest BCUT2D eigenvalue weighted by atomic mass is 32.2. The summed E-state index contributed by atoms with van der Waals surface area (Å²) in [7, 11) is -3.83. The molecule has 0 fully saturated rings. The van der Waals surface area contributed by atoms with Crippen LogP contribution in [0.1, 0.15) is 27.0 Å². The van der Waals surface area contributed by atoms with Crippen LogP contribution in [0.15, 0.2) is 71.6 Å². The quantitative estimate of drug-likeness (QED) is 0.661. The molecule has 144 valence electrons. The van der Waals surface area contributed by atoms with Crippen LogP contribution in [0, 0.1) is 20.8 Å². The van der Waals surface area contributed by atoms with E-state index in [2.05, 4.69) is 10.0 Å². The Labute approximate surface area is 165 Å². The molecule has 0 aromatic heterocycles. The van der Waals surface area contributed by atoms with Crippen molar-refractivity contribution in [1.29, 1.82) is 0 Å². The number of para-hydroxylation sites is 2. The summed E-state index contributed by atoms with van der Waals surface area (Å²) in [4.78, 5) is 13.0. The van der Waals surface area contributed by atoms with Crippen LogP contribution in [0.5, 0.6) is 0 Å². The second kappa shape index (κ2) is 7.86. The van der Waals surface area contributed by atoms with Crippen molar-refractivity contribution in [2.24, 2.45) is 0 Å². The third-order valence-corrected chi connectivity index (χ3v) is 5.95. The monoisotopic (exact) mass is 394 g/mol. The van der Waals surface area contributed by atoms with Gasteiger partial charge in [0.05, 0.1) is 16.1 Å². The number of anilines is 2. The first-order valence-corrected chi connectivity index (χ1v) is 10.3. The number of benzene rings is 3. The van der Waals surface area contributed by atoms with Gasteiger partial charge in [0, 0.05) is 5.69 Å². The smallest absolute Gasteiger partial charge is 0.262 e. The maximum absolute atomic E-state index is 12.9. The summed E-state index contributed by atoms with van der Waals surface area (Å²) in [6.07, 6.45) is 0. The van der Waals surface area contributed by atoms with E-state index in [1.165, 1.54) is 0 Å². The molecule has 2 N–H and O–H groups in total. The Balaban J connectivity index is 1.93. The molecule has 0 aliphatic rings. The predicted octanol–water partition coefficient (Wildman–Crippen LogP) is 4.66. The van der Waals surface area contributed by atoms with Gasteiger partial charge in [-0.3, -0.25) is 9.52 Å². The Morgan fingerprint density at radius 1 is 0.786 bits per heavy atom. The van der Waals surface area contributed by atoms with Crippen LogP contribution in [-0.2, 0) is 10.0 Å². The first-order valence-electron chi connectivity index (χ1n) is 8.84. The molecule has 0 aliphatic carbocycles. The minimum absolute atomic E-state index is 0.196. The molecule has 0 bridgehead atoms. The molecule has 0 radical (unpaired) electrons. The molecule has 0 spiro atoms. The Kier molecular flexibility index (Phi) is 5.51. The van der Waals surface area contributed by atoms with Crippen LogP contribution < -0.4 is 10.0 Å². The van der Waals surface area contributed by atoms with E-state index in [4.69, 9.17) is 0 Å². The molecule has 3 aromatic rings. The fourth-order valence-electron chi connectivity index (χ4n) is 2.87. The van der Waals surface area contributed by atoms with Gasteiger partial charge in [-0.1, -0.05) is 42.5 Å². The van der Waals surface area contributed by atoms with E-state index in [1.807, 2.05) is 38.1 Å². The summed E-state index contributed by atoms with van der Waals surface area (Å²) in [6.45, 7) is 5.47. The second-order valence-corrected chi connectivity index (χ2v) is 8.34. The zero-order valence-corrected chi connectivity index (χ0v) is 16.8. The van der Waals surface area contributed by atoms with Gasteiger partial charge in [-0.2, -0.15) is 0 Å². The maximum atomic E-state index is 12.9. The van der Waals surface area contributed by atoms with E-state index < -0.39 is 10.0 Å². The molecule has 1 amide bonds. The van der Waals surface area contributed by atoms with Gasteiger partial charge in [0.15, 0.2) is 0 Å². The number of rotatable bonds is 5. The first-order chi connectivity index (χ1) is 13.3. The van der Waals surface area contributed by atoms with Gasteiger partial charge in [-0.25, -0.2) is 8.42 Å². The van der Waals surface area contributed by atoms with Gasteiger partial charge in [0.1, 0.15) is 0 Å². The van der Waals surface area contributed by atoms with Crippen molar-refractivity contribution in [3.8, 4) is 0 Å². The molecule has 0 atom stereocenters. The minimum atomic E-state index is -3.83. The van der Waals surface area contributed by atoms with Crippen LogP contribution >= 0.6 is 0 Å². The third kappa shape index (κ3) is 4.23. The molecule has 0 aliphatic heterocycles. The van der Waals surface area contributed by atoms with Gasteiger partial charge >= 0.3 is 0 Å². The van der Waals surface area contributed by atoms with Gasteiger partial charge in [-0.15, -0.1) is 0 Å². The van der Waals surface area contributed by atoms with E-state index in [0.29, 0.717) is 11.3 Å². The molecule has 0 saturated heterocycles. The summed E-state index contributed by atoms with van der Waals surface area (Å²) >= 11 is 0. The highest BCUT2D eigenvalue weighted by Crippen LogP contribution is 2.24. The number of amides is 1. The van der Waals surface area contributed by atoms with Gasteiger partial charge < -0.3 is 5.32 Å². The Morgan fingerprint density at radius 3 is 2.14 bits per heavy atom. The minimum Gasteiger partial charge on any atom is -0.322 e. The molecule has 5 nitrogen and oxygen atoms in total. The molecule has 6 heteroatoms. The van der Waals surface area contributed by atoms with Crippen molar-refractivity contribution in [3.05, 3.63) is 89.0 Å². The van der Waals surface area contributed by atoms with Gasteiger partial charge in [0.25, 0.3) is 15.9 Å². The Bertz CT molecular complexity index is 1140. The van der Waals surface area contributed by atoms with Crippen molar-refractivity contribution in [3.63, 3.8) is 0 Å². The standard InChI is InChI=1S/C22H22N2O3S/c1-15-12-13-17(3)21(14-15)28(26,27)24-20-11-7-5-9-18(20)22(25)23-19-10-6-4-8-16(19)2/h4-14,24H,1-3H3,(H,23,25). The second-order valence-electron chi connectivity index (χ2n) is 6.69.